The van der Waals surface area contributed by atoms with Crippen LogP contribution in [-0.4, -0.2) is 40.7 Å². The molecule has 0 unspecified atom stereocenters. The predicted molar refractivity (Wildman–Crippen MR) is 65.4 cm³/mol. The minimum Gasteiger partial charge on any atom is -0.384 e. The lowest BCUT2D eigenvalue weighted by Crippen LogP contribution is -2.53. The Morgan fingerprint density at radius 1 is 1.39 bits per heavy atom. The largest absolute Gasteiger partial charge is 0.384 e. The van der Waals surface area contributed by atoms with Crippen molar-refractivity contribution < 1.29 is 14.4 Å². The van der Waals surface area contributed by atoms with Gasteiger partial charge in [-0.3, -0.25) is 19.7 Å². The second kappa shape index (κ2) is 4.73. The highest BCUT2D eigenvalue weighted by Crippen LogP contribution is 2.19. The first-order valence-electron chi connectivity index (χ1n) is 5.00. The van der Waals surface area contributed by atoms with Gasteiger partial charge in [-0.1, -0.05) is 0 Å². The Kier molecular flexibility index (Phi) is 3.28. The minimum atomic E-state index is -0.502. The van der Waals surface area contributed by atoms with Gasteiger partial charge in [0.2, 0.25) is 11.8 Å². The first-order chi connectivity index (χ1) is 8.47. The number of halogens is 1. The molecule has 94 valence electrons. The summed E-state index contributed by atoms with van der Waals surface area (Å²) >= 11 is 3.18. The fourth-order valence-electron chi connectivity index (χ4n) is 1.57. The van der Waals surface area contributed by atoms with Gasteiger partial charge in [0, 0.05) is 10.7 Å². The van der Waals surface area contributed by atoms with Crippen LogP contribution in [0.3, 0.4) is 0 Å². The van der Waals surface area contributed by atoms with E-state index in [-0.39, 0.29) is 24.5 Å². The van der Waals surface area contributed by atoms with Gasteiger partial charge in [0.15, 0.2) is 0 Å². The molecule has 1 aliphatic heterocycles. The standard InChI is InChI=1S/C10H9BrN4O3/c11-6-2-13-7(12)1-5(6)10(18)15-3-8(16)14-9(17)4-15/h1-2H,3-4H2,(H2,12,13)(H,14,16,17). The molecule has 2 heterocycles. The van der Waals surface area contributed by atoms with Crippen LogP contribution in [0.4, 0.5) is 5.82 Å². The van der Waals surface area contributed by atoms with Gasteiger partial charge < -0.3 is 10.6 Å². The molecule has 0 bridgehead atoms. The molecule has 0 radical (unpaired) electrons. The Hall–Kier alpha value is -1.96. The normalized spacial score (nSPS) is 15.5. The zero-order valence-electron chi connectivity index (χ0n) is 9.14. The Labute approximate surface area is 110 Å². The lowest BCUT2D eigenvalue weighted by Gasteiger charge is -2.25. The maximum Gasteiger partial charge on any atom is 0.256 e. The number of hydrogen-bond donors (Lipinski definition) is 2. The summed E-state index contributed by atoms with van der Waals surface area (Å²) in [5, 5.41) is 2.12. The van der Waals surface area contributed by atoms with Gasteiger partial charge in [-0.25, -0.2) is 4.98 Å². The van der Waals surface area contributed by atoms with Crippen LogP contribution >= 0.6 is 15.9 Å². The number of carbonyl (C=O) groups is 3. The topological polar surface area (TPSA) is 105 Å². The summed E-state index contributed by atoms with van der Waals surface area (Å²) in [5.41, 5.74) is 5.77. The van der Waals surface area contributed by atoms with E-state index in [9.17, 15) is 14.4 Å². The zero-order valence-corrected chi connectivity index (χ0v) is 10.7. The summed E-state index contributed by atoms with van der Waals surface area (Å²) in [7, 11) is 0. The van der Waals surface area contributed by atoms with Crippen LogP contribution in [0.15, 0.2) is 16.7 Å². The average molecular weight is 313 g/mol. The van der Waals surface area contributed by atoms with Crippen LogP contribution in [-0.2, 0) is 9.59 Å². The number of imide groups is 1. The summed E-state index contributed by atoms with van der Waals surface area (Å²) in [6, 6.07) is 1.39. The van der Waals surface area contributed by atoms with Gasteiger partial charge in [-0.15, -0.1) is 0 Å². The van der Waals surface area contributed by atoms with Crippen molar-refractivity contribution in [2.45, 2.75) is 0 Å². The molecule has 1 aromatic rings. The molecule has 0 aliphatic carbocycles. The second-order valence-corrected chi connectivity index (χ2v) is 4.58. The van der Waals surface area contributed by atoms with Crippen molar-refractivity contribution in [3.05, 3.63) is 22.3 Å². The van der Waals surface area contributed by atoms with Crippen LogP contribution in [0.5, 0.6) is 0 Å². The number of carbonyl (C=O) groups excluding carboxylic acids is 3. The number of aromatic nitrogens is 1. The van der Waals surface area contributed by atoms with Gasteiger partial charge in [-0.05, 0) is 22.0 Å². The molecule has 7 nitrogen and oxygen atoms in total. The Morgan fingerprint density at radius 3 is 2.61 bits per heavy atom. The lowest BCUT2D eigenvalue weighted by molar-refractivity contribution is -0.135. The summed E-state index contributed by atoms with van der Waals surface area (Å²) < 4.78 is 0.458. The number of nitrogens with two attached hydrogens (primary N) is 1. The first-order valence-corrected chi connectivity index (χ1v) is 5.79. The van der Waals surface area contributed by atoms with Crippen molar-refractivity contribution in [3.8, 4) is 0 Å². The number of hydrogen-bond acceptors (Lipinski definition) is 5. The van der Waals surface area contributed by atoms with Crippen molar-refractivity contribution in [2.75, 3.05) is 18.8 Å². The number of nitrogen functional groups attached to an aromatic ring is 1. The van der Waals surface area contributed by atoms with Crippen molar-refractivity contribution >= 4 is 39.5 Å². The van der Waals surface area contributed by atoms with E-state index in [1.165, 1.54) is 12.3 Å². The van der Waals surface area contributed by atoms with Crippen molar-refractivity contribution in [1.29, 1.82) is 0 Å². The number of rotatable bonds is 1. The molecule has 3 N–H and O–H groups in total. The van der Waals surface area contributed by atoms with Crippen LogP contribution < -0.4 is 11.1 Å². The van der Waals surface area contributed by atoms with Gasteiger partial charge in [-0.2, -0.15) is 0 Å². The molecule has 2 rings (SSSR count). The Morgan fingerprint density at radius 2 is 2.00 bits per heavy atom. The molecule has 0 spiro atoms. The monoisotopic (exact) mass is 312 g/mol. The minimum absolute atomic E-state index is 0.154. The number of pyridine rings is 1. The fraction of sp³-hybridized carbons (Fsp3) is 0.200. The van der Waals surface area contributed by atoms with Crippen molar-refractivity contribution in [3.63, 3.8) is 0 Å². The zero-order chi connectivity index (χ0) is 13.3. The van der Waals surface area contributed by atoms with E-state index in [1.54, 1.807) is 0 Å². The van der Waals surface area contributed by atoms with Crippen LogP contribution in [0.2, 0.25) is 0 Å². The number of nitrogens with one attached hydrogen (secondary N) is 1. The summed E-state index contributed by atoms with van der Waals surface area (Å²) in [4.78, 5) is 39.5. The van der Waals surface area contributed by atoms with Gasteiger partial charge in [0.05, 0.1) is 5.56 Å². The van der Waals surface area contributed by atoms with E-state index in [2.05, 4.69) is 26.2 Å². The van der Waals surface area contributed by atoms with E-state index >= 15 is 0 Å². The molecule has 0 aromatic carbocycles. The third-order valence-electron chi connectivity index (χ3n) is 2.34. The number of nitrogens with zero attached hydrogens (tertiary/aromatic N) is 2. The molecule has 18 heavy (non-hydrogen) atoms. The quantitative estimate of drug-likeness (QED) is 0.682. The smallest absolute Gasteiger partial charge is 0.256 e. The molecule has 1 aromatic heterocycles. The third-order valence-corrected chi connectivity index (χ3v) is 2.97. The van der Waals surface area contributed by atoms with E-state index in [1.807, 2.05) is 0 Å². The first kappa shape index (κ1) is 12.5. The molecule has 1 aliphatic rings. The fourth-order valence-corrected chi connectivity index (χ4v) is 1.96. The second-order valence-electron chi connectivity index (χ2n) is 3.72. The highest BCUT2D eigenvalue weighted by Gasteiger charge is 2.28. The van der Waals surface area contributed by atoms with Crippen LogP contribution in [0, 0.1) is 0 Å². The maximum absolute atomic E-state index is 12.1. The molecule has 1 fully saturated rings. The number of piperazine rings is 1. The van der Waals surface area contributed by atoms with Gasteiger partial charge >= 0.3 is 0 Å². The molecule has 1 saturated heterocycles. The molecule has 0 saturated carbocycles. The number of amides is 3. The van der Waals surface area contributed by atoms with E-state index < -0.39 is 17.7 Å². The SMILES string of the molecule is Nc1cc(C(=O)N2CC(=O)NC(=O)C2)c(Br)cn1. The number of anilines is 1. The summed E-state index contributed by atoms with van der Waals surface area (Å²) in [6.45, 7) is -0.307. The Bertz CT molecular complexity index is 530. The van der Waals surface area contributed by atoms with Gasteiger partial charge in [0.25, 0.3) is 5.91 Å². The highest BCUT2D eigenvalue weighted by atomic mass is 79.9. The van der Waals surface area contributed by atoms with E-state index in [0.717, 1.165) is 4.90 Å². The van der Waals surface area contributed by atoms with Crippen molar-refractivity contribution in [2.24, 2.45) is 0 Å². The average Bonchev–Trinajstić information content (AvgIpc) is 2.30. The van der Waals surface area contributed by atoms with Crippen molar-refractivity contribution in [1.82, 2.24) is 15.2 Å². The van der Waals surface area contributed by atoms with Gasteiger partial charge in [0.1, 0.15) is 18.9 Å². The van der Waals surface area contributed by atoms with Crippen LogP contribution in [0.25, 0.3) is 0 Å². The summed E-state index contributed by atoms with van der Waals surface area (Å²) in [6.07, 6.45) is 1.40. The molecule has 8 heteroatoms. The van der Waals surface area contributed by atoms with E-state index in [0.29, 0.717) is 4.47 Å². The highest BCUT2D eigenvalue weighted by molar-refractivity contribution is 9.10. The molecular formula is C10H9BrN4O3. The third kappa shape index (κ3) is 2.48. The molecule has 0 atom stereocenters. The van der Waals surface area contributed by atoms with E-state index in [4.69, 9.17) is 5.73 Å². The molecular weight excluding hydrogens is 304 g/mol. The maximum atomic E-state index is 12.1. The van der Waals surface area contributed by atoms with Crippen LogP contribution in [0.1, 0.15) is 10.4 Å². The summed E-state index contributed by atoms with van der Waals surface area (Å²) in [5.74, 6) is -1.26. The molecule has 3 amide bonds. The lowest BCUT2D eigenvalue weighted by atomic mass is 10.2. The predicted octanol–water partition coefficient (Wildman–Crippen LogP) is -0.475. The Balaban J connectivity index is 2.28.